The summed E-state index contributed by atoms with van der Waals surface area (Å²) in [5, 5.41) is 12.2. The topological polar surface area (TPSA) is 49.3 Å². The molecule has 1 aromatic rings. The molecule has 1 rings (SSSR count). The Morgan fingerprint density at radius 2 is 2.12 bits per heavy atom. The molecule has 4 heteroatoms. The van der Waals surface area contributed by atoms with E-state index < -0.39 is 6.10 Å². The number of amides is 1. The van der Waals surface area contributed by atoms with E-state index in [9.17, 15) is 9.90 Å². The van der Waals surface area contributed by atoms with Gasteiger partial charge in [0.05, 0.1) is 6.10 Å². The van der Waals surface area contributed by atoms with Gasteiger partial charge in [-0.3, -0.25) is 4.79 Å². The number of carbonyl (C=O) groups excluding carboxylic acids is 1. The molecule has 90 valence electrons. The van der Waals surface area contributed by atoms with Crippen LogP contribution in [0.15, 0.2) is 12.1 Å². The van der Waals surface area contributed by atoms with Crippen LogP contribution in [0.4, 0.5) is 0 Å². The average molecular weight is 241 g/mol. The molecular weight excluding hydrogens is 222 g/mol. The van der Waals surface area contributed by atoms with Crippen molar-refractivity contribution >= 4 is 17.2 Å². The van der Waals surface area contributed by atoms with Crippen LogP contribution in [0.2, 0.25) is 0 Å². The van der Waals surface area contributed by atoms with Crippen LogP contribution >= 0.6 is 11.3 Å². The molecule has 0 aliphatic carbocycles. The maximum Gasteiger partial charge on any atom is 0.222 e. The molecule has 0 aromatic carbocycles. The summed E-state index contributed by atoms with van der Waals surface area (Å²) in [5.74, 6) is 0.128. The van der Waals surface area contributed by atoms with Gasteiger partial charge in [-0.1, -0.05) is 13.8 Å². The van der Waals surface area contributed by atoms with Gasteiger partial charge in [-0.05, 0) is 25.5 Å². The zero-order valence-corrected chi connectivity index (χ0v) is 10.8. The van der Waals surface area contributed by atoms with E-state index in [0.29, 0.717) is 6.54 Å². The molecule has 0 fully saturated rings. The number of carbonyl (C=O) groups is 1. The lowest BCUT2D eigenvalue weighted by atomic mass is 10.2. The van der Waals surface area contributed by atoms with Gasteiger partial charge in [-0.25, -0.2) is 0 Å². The monoisotopic (exact) mass is 241 g/mol. The number of nitrogens with one attached hydrogen (secondary N) is 1. The van der Waals surface area contributed by atoms with Crippen LogP contribution in [-0.4, -0.2) is 17.6 Å². The Balaban J connectivity index is 2.35. The predicted molar refractivity (Wildman–Crippen MR) is 66.5 cm³/mol. The Labute approximate surface area is 100 Å². The second kappa shape index (κ2) is 6.01. The summed E-state index contributed by atoms with van der Waals surface area (Å²) in [4.78, 5) is 13.5. The molecule has 0 aliphatic heterocycles. The van der Waals surface area contributed by atoms with Crippen molar-refractivity contribution in [1.29, 1.82) is 0 Å². The normalized spacial score (nSPS) is 12.8. The van der Waals surface area contributed by atoms with Gasteiger partial charge in [-0.2, -0.15) is 0 Å². The summed E-state index contributed by atoms with van der Waals surface area (Å²) in [5.41, 5.74) is 0. The lowest BCUT2D eigenvalue weighted by molar-refractivity contribution is -0.123. The molecule has 0 bridgehead atoms. The molecule has 2 N–H and O–H groups in total. The van der Waals surface area contributed by atoms with E-state index in [2.05, 4.69) is 5.32 Å². The van der Waals surface area contributed by atoms with Crippen molar-refractivity contribution in [1.82, 2.24) is 5.32 Å². The lowest BCUT2D eigenvalue weighted by Crippen LogP contribution is -2.29. The second-order valence-corrected chi connectivity index (χ2v) is 5.38. The van der Waals surface area contributed by atoms with E-state index in [0.717, 1.165) is 11.3 Å². The Kier molecular flexibility index (Phi) is 4.96. The highest BCUT2D eigenvalue weighted by molar-refractivity contribution is 7.12. The first-order valence-corrected chi connectivity index (χ1v) is 6.36. The third-order valence-corrected chi connectivity index (χ3v) is 3.60. The number of hydrogen-bond donors (Lipinski definition) is 2. The van der Waals surface area contributed by atoms with E-state index in [1.54, 1.807) is 18.3 Å². The quantitative estimate of drug-likeness (QED) is 0.829. The molecule has 0 spiro atoms. The Bertz CT molecular complexity index is 345. The number of thiophene rings is 1. The molecule has 0 radical (unpaired) electrons. The third-order valence-electron chi connectivity index (χ3n) is 2.29. The summed E-state index contributed by atoms with van der Waals surface area (Å²) in [6.45, 7) is 6.19. The van der Waals surface area contributed by atoms with E-state index in [4.69, 9.17) is 0 Å². The van der Waals surface area contributed by atoms with Crippen molar-refractivity contribution in [3.05, 3.63) is 21.9 Å². The van der Waals surface area contributed by atoms with E-state index in [1.165, 1.54) is 4.88 Å². The lowest BCUT2D eigenvalue weighted by Gasteiger charge is -2.06. The molecule has 0 aliphatic rings. The van der Waals surface area contributed by atoms with Crippen LogP contribution in [0.25, 0.3) is 0 Å². The highest BCUT2D eigenvalue weighted by atomic mass is 32.1. The van der Waals surface area contributed by atoms with Gasteiger partial charge in [0, 0.05) is 22.2 Å². The zero-order chi connectivity index (χ0) is 12.1. The first-order valence-electron chi connectivity index (χ1n) is 5.55. The van der Waals surface area contributed by atoms with Gasteiger partial charge < -0.3 is 10.4 Å². The minimum absolute atomic E-state index is 0.0383. The van der Waals surface area contributed by atoms with Crippen LogP contribution in [0, 0.1) is 5.92 Å². The smallest absolute Gasteiger partial charge is 0.222 e. The fourth-order valence-corrected chi connectivity index (χ4v) is 2.22. The summed E-state index contributed by atoms with van der Waals surface area (Å²) in [6.07, 6.45) is 0.430. The summed E-state index contributed by atoms with van der Waals surface area (Å²) < 4.78 is 0. The van der Waals surface area contributed by atoms with Gasteiger partial charge in [0.1, 0.15) is 0 Å². The van der Waals surface area contributed by atoms with Crippen LogP contribution in [0.1, 0.15) is 36.6 Å². The minimum atomic E-state index is -0.399. The summed E-state index contributed by atoms with van der Waals surface area (Å²) in [7, 11) is 0. The fourth-order valence-electron chi connectivity index (χ4n) is 1.27. The van der Waals surface area contributed by atoms with Crippen molar-refractivity contribution in [2.45, 2.75) is 33.3 Å². The molecule has 1 amide bonds. The van der Waals surface area contributed by atoms with Crippen molar-refractivity contribution in [3.8, 4) is 0 Å². The standard InChI is InChI=1S/C12H19NO2S/c1-8(2)12(15)13-7-6-10-4-5-11(16-10)9(3)14/h4-5,8-9,14H,6-7H2,1-3H3,(H,13,15)/t9-/m0/s1. The molecule has 3 nitrogen and oxygen atoms in total. The highest BCUT2D eigenvalue weighted by Crippen LogP contribution is 2.22. The van der Waals surface area contributed by atoms with Crippen molar-refractivity contribution in [3.63, 3.8) is 0 Å². The van der Waals surface area contributed by atoms with Crippen LogP contribution in [0.5, 0.6) is 0 Å². The number of rotatable bonds is 5. The molecular formula is C12H19NO2S. The zero-order valence-electron chi connectivity index (χ0n) is 9.99. The van der Waals surface area contributed by atoms with Crippen LogP contribution in [0.3, 0.4) is 0 Å². The van der Waals surface area contributed by atoms with Gasteiger partial charge in [0.25, 0.3) is 0 Å². The van der Waals surface area contributed by atoms with Gasteiger partial charge >= 0.3 is 0 Å². The first kappa shape index (κ1) is 13.2. The fraction of sp³-hybridized carbons (Fsp3) is 0.583. The molecule has 1 atom stereocenters. The number of aliphatic hydroxyl groups excluding tert-OH is 1. The van der Waals surface area contributed by atoms with E-state index in [1.807, 2.05) is 26.0 Å². The largest absolute Gasteiger partial charge is 0.388 e. The van der Waals surface area contributed by atoms with Crippen LogP contribution in [-0.2, 0) is 11.2 Å². The number of aliphatic hydroxyl groups is 1. The van der Waals surface area contributed by atoms with Gasteiger partial charge in [0.2, 0.25) is 5.91 Å². The maximum atomic E-state index is 11.3. The van der Waals surface area contributed by atoms with Gasteiger partial charge in [0.15, 0.2) is 0 Å². The van der Waals surface area contributed by atoms with E-state index in [-0.39, 0.29) is 11.8 Å². The minimum Gasteiger partial charge on any atom is -0.388 e. The first-order chi connectivity index (χ1) is 7.50. The molecule has 0 unspecified atom stereocenters. The van der Waals surface area contributed by atoms with Crippen molar-refractivity contribution < 1.29 is 9.90 Å². The Morgan fingerprint density at radius 1 is 1.44 bits per heavy atom. The molecule has 0 saturated heterocycles. The highest BCUT2D eigenvalue weighted by Gasteiger charge is 2.07. The molecule has 0 saturated carbocycles. The number of hydrogen-bond acceptors (Lipinski definition) is 3. The van der Waals surface area contributed by atoms with Crippen molar-refractivity contribution in [2.24, 2.45) is 5.92 Å². The average Bonchev–Trinajstić information content (AvgIpc) is 2.66. The summed E-state index contributed by atoms with van der Waals surface area (Å²) in [6, 6.07) is 3.95. The maximum absolute atomic E-state index is 11.3. The predicted octanol–water partition coefficient (Wildman–Crippen LogP) is 2.12. The summed E-state index contributed by atoms with van der Waals surface area (Å²) >= 11 is 1.60. The van der Waals surface area contributed by atoms with Crippen LogP contribution < -0.4 is 5.32 Å². The molecule has 1 heterocycles. The molecule has 1 aromatic heterocycles. The SMILES string of the molecule is CC(C)C(=O)NCCc1ccc([C@H](C)O)s1. The second-order valence-electron chi connectivity index (χ2n) is 4.18. The van der Waals surface area contributed by atoms with Crippen molar-refractivity contribution in [2.75, 3.05) is 6.54 Å². The third kappa shape index (κ3) is 3.94. The van der Waals surface area contributed by atoms with Gasteiger partial charge in [-0.15, -0.1) is 11.3 Å². The molecule has 16 heavy (non-hydrogen) atoms. The Hall–Kier alpha value is -0.870. The Morgan fingerprint density at radius 3 is 2.62 bits per heavy atom. The van der Waals surface area contributed by atoms with E-state index >= 15 is 0 Å².